The molecule has 0 aliphatic carbocycles. The van der Waals surface area contributed by atoms with E-state index in [0.717, 1.165) is 0 Å². The van der Waals surface area contributed by atoms with Crippen molar-refractivity contribution in [3.63, 3.8) is 0 Å². The zero-order chi connectivity index (χ0) is 20.6. The molecule has 0 heterocycles. The lowest BCUT2D eigenvalue weighted by atomic mass is 10.1. The van der Waals surface area contributed by atoms with Crippen LogP contribution in [0.4, 0.5) is 0 Å². The summed E-state index contributed by atoms with van der Waals surface area (Å²) in [4.78, 5) is 24.2. The number of rotatable bonds is 10. The molecule has 0 aliphatic heterocycles. The number of ether oxygens (including phenoxy) is 1. The van der Waals surface area contributed by atoms with Crippen molar-refractivity contribution >= 4 is 21.8 Å². The first-order chi connectivity index (χ1) is 13.3. The zero-order valence-electron chi connectivity index (χ0n) is 16.1. The summed E-state index contributed by atoms with van der Waals surface area (Å²) in [6, 6.07) is 14.4. The Labute approximate surface area is 166 Å². The number of carbonyl (C=O) groups is 2. The van der Waals surface area contributed by atoms with E-state index in [1.54, 1.807) is 31.2 Å². The third-order valence-electron chi connectivity index (χ3n) is 4.25. The topological polar surface area (TPSA) is 89.5 Å². The van der Waals surface area contributed by atoms with Crippen molar-refractivity contribution in [1.29, 1.82) is 0 Å². The van der Waals surface area contributed by atoms with Gasteiger partial charge in [0.25, 0.3) is 0 Å². The van der Waals surface area contributed by atoms with Gasteiger partial charge in [-0.3, -0.25) is 4.79 Å². The number of benzene rings is 2. The Balaban J connectivity index is 1.84. The van der Waals surface area contributed by atoms with E-state index < -0.39 is 16.0 Å². The fraction of sp³-hybridized carbons (Fsp3) is 0.333. The molecule has 0 aliphatic rings. The molecule has 150 valence electrons. The highest BCUT2D eigenvalue weighted by molar-refractivity contribution is 7.89. The van der Waals surface area contributed by atoms with Gasteiger partial charge in [-0.15, -0.1) is 0 Å². The van der Waals surface area contributed by atoms with E-state index in [4.69, 9.17) is 4.74 Å². The van der Waals surface area contributed by atoms with Crippen LogP contribution >= 0.6 is 0 Å². The molecule has 0 spiro atoms. The smallest absolute Gasteiger partial charge is 0.338 e. The van der Waals surface area contributed by atoms with Gasteiger partial charge in [0, 0.05) is 18.0 Å². The maximum Gasteiger partial charge on any atom is 0.338 e. The Bertz CT molecular complexity index is 892. The highest BCUT2D eigenvalue weighted by Crippen LogP contribution is 2.13. The van der Waals surface area contributed by atoms with Crippen LogP contribution in [0.1, 0.15) is 53.8 Å². The number of sulfonamides is 1. The van der Waals surface area contributed by atoms with Gasteiger partial charge in [0.05, 0.1) is 17.1 Å². The highest BCUT2D eigenvalue weighted by atomic mass is 32.2. The van der Waals surface area contributed by atoms with E-state index in [2.05, 4.69) is 4.72 Å². The third kappa shape index (κ3) is 6.28. The maximum absolute atomic E-state index is 12.2. The second-order valence-electron chi connectivity index (χ2n) is 6.48. The SMILES string of the molecule is CCC(C)NS(=O)(=O)c1ccc(C(=O)OCCCC(=O)c2ccccc2)cc1. The van der Waals surface area contributed by atoms with Crippen molar-refractivity contribution in [2.24, 2.45) is 0 Å². The second-order valence-corrected chi connectivity index (χ2v) is 8.20. The van der Waals surface area contributed by atoms with Crippen molar-refractivity contribution in [2.45, 2.75) is 44.0 Å². The summed E-state index contributed by atoms with van der Waals surface area (Å²) < 4.78 is 32.2. The van der Waals surface area contributed by atoms with E-state index in [1.165, 1.54) is 24.3 Å². The molecule has 1 N–H and O–H groups in total. The molecule has 0 amide bonds. The monoisotopic (exact) mass is 403 g/mol. The van der Waals surface area contributed by atoms with E-state index in [-0.39, 0.29) is 35.3 Å². The molecular formula is C21H25NO5S. The van der Waals surface area contributed by atoms with Crippen LogP contribution in [-0.4, -0.2) is 32.8 Å². The van der Waals surface area contributed by atoms with Crippen LogP contribution in [-0.2, 0) is 14.8 Å². The number of carbonyl (C=O) groups excluding carboxylic acids is 2. The number of ketones is 1. The number of hydrogen-bond acceptors (Lipinski definition) is 5. The quantitative estimate of drug-likeness (QED) is 0.372. The molecule has 0 radical (unpaired) electrons. The Morgan fingerprint density at radius 3 is 2.25 bits per heavy atom. The molecular weight excluding hydrogens is 378 g/mol. The molecule has 0 saturated heterocycles. The molecule has 6 nitrogen and oxygen atoms in total. The fourth-order valence-corrected chi connectivity index (χ4v) is 3.76. The van der Waals surface area contributed by atoms with Gasteiger partial charge in [-0.25, -0.2) is 17.9 Å². The minimum absolute atomic E-state index is 0.0000149. The normalized spacial score (nSPS) is 12.4. The van der Waals surface area contributed by atoms with Crippen LogP contribution in [0.5, 0.6) is 0 Å². The van der Waals surface area contributed by atoms with Gasteiger partial charge in [-0.05, 0) is 44.0 Å². The highest BCUT2D eigenvalue weighted by Gasteiger charge is 2.17. The van der Waals surface area contributed by atoms with Crippen molar-refractivity contribution in [3.8, 4) is 0 Å². The fourth-order valence-electron chi connectivity index (χ4n) is 2.44. The molecule has 2 rings (SSSR count). The summed E-state index contributed by atoms with van der Waals surface area (Å²) in [5.74, 6) is -0.550. The first-order valence-corrected chi connectivity index (χ1v) is 10.7. The van der Waals surface area contributed by atoms with Crippen LogP contribution < -0.4 is 4.72 Å². The van der Waals surface area contributed by atoms with Crippen LogP contribution in [0.15, 0.2) is 59.5 Å². The van der Waals surface area contributed by atoms with Crippen molar-refractivity contribution in [1.82, 2.24) is 4.72 Å². The summed E-state index contributed by atoms with van der Waals surface area (Å²) in [6.07, 6.45) is 1.39. The average molecular weight is 404 g/mol. The Morgan fingerprint density at radius 2 is 1.64 bits per heavy atom. The van der Waals surface area contributed by atoms with Crippen molar-refractivity contribution in [2.75, 3.05) is 6.61 Å². The van der Waals surface area contributed by atoms with Crippen LogP contribution in [0.25, 0.3) is 0 Å². The van der Waals surface area contributed by atoms with Crippen molar-refractivity contribution < 1.29 is 22.7 Å². The second kappa shape index (κ2) is 10.1. The summed E-state index contributed by atoms with van der Waals surface area (Å²) in [6.45, 7) is 3.79. The van der Waals surface area contributed by atoms with Gasteiger partial charge in [0.2, 0.25) is 10.0 Å². The predicted octanol–water partition coefficient (Wildman–Crippen LogP) is 3.58. The molecule has 2 aromatic rings. The molecule has 1 unspecified atom stereocenters. The predicted molar refractivity (Wildman–Crippen MR) is 107 cm³/mol. The molecule has 2 aromatic carbocycles. The Kier molecular flexibility index (Phi) is 7.90. The molecule has 1 atom stereocenters. The Morgan fingerprint density at radius 1 is 1.00 bits per heavy atom. The largest absolute Gasteiger partial charge is 0.462 e. The standard InChI is InChI=1S/C21H25NO5S/c1-3-16(2)22-28(25,26)19-13-11-18(12-14-19)21(24)27-15-7-10-20(23)17-8-5-4-6-9-17/h4-6,8-9,11-14,16,22H,3,7,10,15H2,1-2H3. The lowest BCUT2D eigenvalue weighted by Gasteiger charge is -2.12. The first kappa shape index (κ1) is 21.8. The van der Waals surface area contributed by atoms with Gasteiger partial charge < -0.3 is 4.74 Å². The molecule has 0 fully saturated rings. The van der Waals surface area contributed by atoms with Gasteiger partial charge in [-0.1, -0.05) is 37.3 Å². The molecule has 0 aromatic heterocycles. The number of nitrogens with one attached hydrogen (secondary N) is 1. The lowest BCUT2D eigenvalue weighted by molar-refractivity contribution is 0.0494. The molecule has 0 saturated carbocycles. The van der Waals surface area contributed by atoms with Gasteiger partial charge in [-0.2, -0.15) is 0 Å². The van der Waals surface area contributed by atoms with Crippen LogP contribution in [0, 0.1) is 0 Å². The van der Waals surface area contributed by atoms with Gasteiger partial charge in [0.15, 0.2) is 5.78 Å². The third-order valence-corrected chi connectivity index (χ3v) is 5.85. The van der Waals surface area contributed by atoms with E-state index in [0.29, 0.717) is 18.4 Å². The van der Waals surface area contributed by atoms with E-state index in [1.807, 2.05) is 13.0 Å². The maximum atomic E-state index is 12.2. The van der Waals surface area contributed by atoms with E-state index >= 15 is 0 Å². The minimum Gasteiger partial charge on any atom is -0.462 e. The Hall–Kier alpha value is -2.51. The number of hydrogen-bond donors (Lipinski definition) is 1. The average Bonchev–Trinajstić information content (AvgIpc) is 2.71. The van der Waals surface area contributed by atoms with Crippen LogP contribution in [0.2, 0.25) is 0 Å². The molecule has 28 heavy (non-hydrogen) atoms. The zero-order valence-corrected chi connectivity index (χ0v) is 16.9. The van der Waals surface area contributed by atoms with Crippen molar-refractivity contribution in [3.05, 3.63) is 65.7 Å². The lowest BCUT2D eigenvalue weighted by Crippen LogP contribution is -2.32. The van der Waals surface area contributed by atoms with E-state index in [9.17, 15) is 18.0 Å². The van der Waals surface area contributed by atoms with Gasteiger partial charge in [0.1, 0.15) is 0 Å². The van der Waals surface area contributed by atoms with Gasteiger partial charge >= 0.3 is 5.97 Å². The molecule has 7 heteroatoms. The number of Topliss-reactive ketones (excluding diaryl/α,β-unsaturated/α-hetero) is 1. The number of esters is 1. The summed E-state index contributed by atoms with van der Waals surface area (Å²) in [5.41, 5.74) is 0.897. The molecule has 0 bridgehead atoms. The summed E-state index contributed by atoms with van der Waals surface area (Å²) in [7, 11) is -3.61. The van der Waals surface area contributed by atoms with Crippen LogP contribution in [0.3, 0.4) is 0 Å². The summed E-state index contributed by atoms with van der Waals surface area (Å²) >= 11 is 0. The minimum atomic E-state index is -3.61. The summed E-state index contributed by atoms with van der Waals surface area (Å²) in [5, 5.41) is 0. The first-order valence-electron chi connectivity index (χ1n) is 9.21.